The molecule has 1 aromatic heterocycles. The molecule has 2 rings (SSSR count). The van der Waals surface area contributed by atoms with E-state index in [1.54, 1.807) is 0 Å². The molecule has 15 heavy (non-hydrogen) atoms. The summed E-state index contributed by atoms with van der Waals surface area (Å²) in [6, 6.07) is 4.03. The Labute approximate surface area is 90.3 Å². The van der Waals surface area contributed by atoms with Gasteiger partial charge in [-0.25, -0.2) is 4.98 Å². The summed E-state index contributed by atoms with van der Waals surface area (Å²) in [6.07, 6.45) is 1.84. The van der Waals surface area contributed by atoms with Gasteiger partial charge in [-0.15, -0.1) is 0 Å². The normalized spacial score (nSPS) is 16.5. The van der Waals surface area contributed by atoms with Crippen molar-refractivity contribution in [2.75, 3.05) is 43.1 Å². The molecule has 0 unspecified atom stereocenters. The van der Waals surface area contributed by atoms with Crippen LogP contribution in [0.3, 0.4) is 0 Å². The van der Waals surface area contributed by atoms with E-state index in [1.807, 2.05) is 12.3 Å². The highest BCUT2D eigenvalue weighted by molar-refractivity contribution is 5.65. The number of rotatable bonds is 3. The maximum absolute atomic E-state index is 5.33. The second kappa shape index (κ2) is 4.98. The SMILES string of the molecule is CCNc1cccnc1N1CCOCC1. The fraction of sp³-hybridized carbons (Fsp3) is 0.545. The molecule has 1 saturated heterocycles. The summed E-state index contributed by atoms with van der Waals surface area (Å²) in [6.45, 7) is 6.45. The summed E-state index contributed by atoms with van der Waals surface area (Å²) < 4.78 is 5.33. The van der Waals surface area contributed by atoms with Crippen molar-refractivity contribution >= 4 is 11.5 Å². The molecule has 1 fully saturated rings. The summed E-state index contributed by atoms with van der Waals surface area (Å²) in [4.78, 5) is 6.69. The van der Waals surface area contributed by atoms with Crippen LogP contribution in [0.15, 0.2) is 18.3 Å². The Bertz CT molecular complexity index is 310. The van der Waals surface area contributed by atoms with Crippen molar-refractivity contribution < 1.29 is 4.74 Å². The zero-order chi connectivity index (χ0) is 10.5. The molecule has 0 atom stereocenters. The van der Waals surface area contributed by atoms with E-state index in [9.17, 15) is 0 Å². The lowest BCUT2D eigenvalue weighted by Crippen LogP contribution is -2.37. The van der Waals surface area contributed by atoms with Crippen LogP contribution in [0, 0.1) is 0 Å². The molecule has 0 spiro atoms. The highest BCUT2D eigenvalue weighted by Crippen LogP contribution is 2.22. The lowest BCUT2D eigenvalue weighted by molar-refractivity contribution is 0.122. The van der Waals surface area contributed by atoms with Crippen LogP contribution in [0.4, 0.5) is 11.5 Å². The van der Waals surface area contributed by atoms with E-state index in [0.29, 0.717) is 0 Å². The van der Waals surface area contributed by atoms with E-state index >= 15 is 0 Å². The van der Waals surface area contributed by atoms with Crippen molar-refractivity contribution in [2.45, 2.75) is 6.92 Å². The predicted molar refractivity (Wildman–Crippen MR) is 61.4 cm³/mol. The Morgan fingerprint density at radius 2 is 2.27 bits per heavy atom. The largest absolute Gasteiger partial charge is 0.382 e. The van der Waals surface area contributed by atoms with Crippen LogP contribution in [-0.4, -0.2) is 37.8 Å². The van der Waals surface area contributed by atoms with E-state index < -0.39 is 0 Å². The number of morpholine rings is 1. The molecule has 0 radical (unpaired) electrons. The number of pyridine rings is 1. The number of hydrogen-bond donors (Lipinski definition) is 1. The molecule has 1 aliphatic rings. The van der Waals surface area contributed by atoms with Crippen LogP contribution < -0.4 is 10.2 Å². The highest BCUT2D eigenvalue weighted by atomic mass is 16.5. The van der Waals surface area contributed by atoms with Crippen molar-refractivity contribution in [2.24, 2.45) is 0 Å². The molecule has 0 bridgehead atoms. The Morgan fingerprint density at radius 1 is 1.47 bits per heavy atom. The van der Waals surface area contributed by atoms with Crippen molar-refractivity contribution in [3.63, 3.8) is 0 Å². The van der Waals surface area contributed by atoms with Crippen molar-refractivity contribution in [1.29, 1.82) is 0 Å². The number of aromatic nitrogens is 1. The second-order valence-corrected chi connectivity index (χ2v) is 3.50. The molecule has 1 aliphatic heterocycles. The number of nitrogens with one attached hydrogen (secondary N) is 1. The van der Waals surface area contributed by atoms with E-state index in [4.69, 9.17) is 4.74 Å². The van der Waals surface area contributed by atoms with Crippen LogP contribution >= 0.6 is 0 Å². The van der Waals surface area contributed by atoms with Crippen LogP contribution in [0.2, 0.25) is 0 Å². The topological polar surface area (TPSA) is 37.4 Å². The van der Waals surface area contributed by atoms with Gasteiger partial charge in [0.15, 0.2) is 5.82 Å². The lowest BCUT2D eigenvalue weighted by Gasteiger charge is -2.29. The Hall–Kier alpha value is -1.29. The van der Waals surface area contributed by atoms with Crippen LogP contribution in [0.25, 0.3) is 0 Å². The number of ether oxygens (including phenoxy) is 1. The third kappa shape index (κ3) is 2.39. The molecular weight excluding hydrogens is 190 g/mol. The van der Waals surface area contributed by atoms with Gasteiger partial charge < -0.3 is 15.0 Å². The van der Waals surface area contributed by atoms with E-state index in [0.717, 1.165) is 44.4 Å². The zero-order valence-corrected chi connectivity index (χ0v) is 9.07. The summed E-state index contributed by atoms with van der Waals surface area (Å²) in [5.74, 6) is 1.04. The third-order valence-corrected chi connectivity index (χ3v) is 2.46. The first-order chi connectivity index (χ1) is 7.42. The smallest absolute Gasteiger partial charge is 0.152 e. The van der Waals surface area contributed by atoms with E-state index in [1.165, 1.54) is 0 Å². The molecule has 0 saturated carbocycles. The van der Waals surface area contributed by atoms with Gasteiger partial charge in [-0.1, -0.05) is 0 Å². The molecule has 0 aliphatic carbocycles. The minimum Gasteiger partial charge on any atom is -0.382 e. The van der Waals surface area contributed by atoms with Gasteiger partial charge in [-0.3, -0.25) is 0 Å². The third-order valence-electron chi connectivity index (χ3n) is 2.46. The predicted octanol–water partition coefficient (Wildman–Crippen LogP) is 1.35. The standard InChI is InChI=1S/C11H17N3O/c1-2-12-10-4-3-5-13-11(10)14-6-8-15-9-7-14/h3-5,12H,2,6-9H2,1H3. The van der Waals surface area contributed by atoms with E-state index in [2.05, 4.69) is 28.2 Å². The van der Waals surface area contributed by atoms with Crippen LogP contribution in [0.1, 0.15) is 6.92 Å². The Balaban J connectivity index is 2.17. The molecule has 2 heterocycles. The van der Waals surface area contributed by atoms with Gasteiger partial charge >= 0.3 is 0 Å². The van der Waals surface area contributed by atoms with Gasteiger partial charge in [0.05, 0.1) is 18.9 Å². The lowest BCUT2D eigenvalue weighted by atomic mass is 10.3. The Kier molecular flexibility index (Phi) is 3.40. The van der Waals surface area contributed by atoms with Gasteiger partial charge in [-0.2, -0.15) is 0 Å². The van der Waals surface area contributed by atoms with Gasteiger partial charge in [0.25, 0.3) is 0 Å². The molecule has 0 amide bonds. The summed E-state index contributed by atoms with van der Waals surface area (Å²) in [5.41, 5.74) is 1.11. The van der Waals surface area contributed by atoms with Crippen molar-refractivity contribution in [3.8, 4) is 0 Å². The molecule has 4 heteroatoms. The fourth-order valence-electron chi connectivity index (χ4n) is 1.75. The molecule has 4 nitrogen and oxygen atoms in total. The maximum atomic E-state index is 5.33. The summed E-state index contributed by atoms with van der Waals surface area (Å²) in [7, 11) is 0. The average molecular weight is 207 g/mol. The maximum Gasteiger partial charge on any atom is 0.152 e. The second-order valence-electron chi connectivity index (χ2n) is 3.50. The Morgan fingerprint density at radius 3 is 3.00 bits per heavy atom. The first-order valence-corrected chi connectivity index (χ1v) is 5.43. The van der Waals surface area contributed by atoms with Crippen LogP contribution in [-0.2, 0) is 4.74 Å². The molecule has 1 aromatic rings. The van der Waals surface area contributed by atoms with Crippen LogP contribution in [0.5, 0.6) is 0 Å². The van der Waals surface area contributed by atoms with Gasteiger partial charge in [0, 0.05) is 25.8 Å². The number of nitrogens with zero attached hydrogens (tertiary/aromatic N) is 2. The number of hydrogen-bond acceptors (Lipinski definition) is 4. The summed E-state index contributed by atoms with van der Waals surface area (Å²) in [5, 5.41) is 3.33. The van der Waals surface area contributed by atoms with Crippen molar-refractivity contribution in [3.05, 3.63) is 18.3 Å². The minimum absolute atomic E-state index is 0.794. The first kappa shape index (κ1) is 10.2. The fourth-order valence-corrected chi connectivity index (χ4v) is 1.75. The molecule has 82 valence electrons. The van der Waals surface area contributed by atoms with Gasteiger partial charge in [0.2, 0.25) is 0 Å². The minimum atomic E-state index is 0.794. The molecule has 1 N–H and O–H groups in total. The summed E-state index contributed by atoms with van der Waals surface area (Å²) >= 11 is 0. The zero-order valence-electron chi connectivity index (χ0n) is 9.07. The van der Waals surface area contributed by atoms with Crippen molar-refractivity contribution in [1.82, 2.24) is 4.98 Å². The molecule has 0 aromatic carbocycles. The van der Waals surface area contributed by atoms with E-state index in [-0.39, 0.29) is 0 Å². The van der Waals surface area contributed by atoms with Gasteiger partial charge in [-0.05, 0) is 19.1 Å². The highest BCUT2D eigenvalue weighted by Gasteiger charge is 2.14. The first-order valence-electron chi connectivity index (χ1n) is 5.43. The monoisotopic (exact) mass is 207 g/mol. The quantitative estimate of drug-likeness (QED) is 0.812. The average Bonchev–Trinajstić information content (AvgIpc) is 2.31. The van der Waals surface area contributed by atoms with Gasteiger partial charge in [0.1, 0.15) is 0 Å². The number of anilines is 2. The molecular formula is C11H17N3O.